The number of rotatable bonds is 11. The monoisotopic (exact) mass is 722 g/mol. The van der Waals surface area contributed by atoms with Gasteiger partial charge < -0.3 is 0 Å². The summed E-state index contributed by atoms with van der Waals surface area (Å²) in [6.07, 6.45) is 1.84. The Kier molecular flexibility index (Phi) is 8.51. The van der Waals surface area contributed by atoms with Crippen LogP contribution >= 0.6 is 0 Å². The van der Waals surface area contributed by atoms with Gasteiger partial charge in [0.25, 0.3) is 5.69 Å². The molecule has 11 heteroatoms. The Morgan fingerprint density at radius 3 is 1.80 bits per heavy atom. The van der Waals surface area contributed by atoms with E-state index in [1.807, 2.05) is 102 Å². The number of aromatic nitrogens is 7. The van der Waals surface area contributed by atoms with Crippen LogP contribution in [0, 0.1) is 10.1 Å². The van der Waals surface area contributed by atoms with Crippen LogP contribution in [-0.4, -0.2) is 39.5 Å². The van der Waals surface area contributed by atoms with Gasteiger partial charge in [0.1, 0.15) is 17.1 Å². The first-order valence-electron chi connectivity index (χ1n) is 18.1. The van der Waals surface area contributed by atoms with Crippen LogP contribution < -0.4 is 5.69 Å². The average Bonchev–Trinajstić information content (AvgIpc) is 3.88. The molecule has 1 aliphatic carbocycles. The summed E-state index contributed by atoms with van der Waals surface area (Å²) in [6, 6.07) is 53.3. The van der Waals surface area contributed by atoms with Crippen molar-refractivity contribution in [2.24, 2.45) is 0 Å². The lowest BCUT2D eigenvalue weighted by Gasteiger charge is -2.36. The van der Waals surface area contributed by atoms with Gasteiger partial charge in [-0.05, 0) is 62.7 Å². The number of nitro groups is 1. The minimum absolute atomic E-state index is 0.142. The van der Waals surface area contributed by atoms with Crippen molar-refractivity contribution < 1.29 is 4.92 Å². The molecule has 1 fully saturated rings. The van der Waals surface area contributed by atoms with Crippen molar-refractivity contribution in [2.45, 2.75) is 30.8 Å². The molecule has 0 atom stereocenters. The molecule has 0 aliphatic heterocycles. The molecule has 0 bridgehead atoms. The maximum Gasteiger partial charge on any atom is 0.351 e. The third-order valence-corrected chi connectivity index (χ3v) is 10.3. The van der Waals surface area contributed by atoms with Crippen molar-refractivity contribution in [3.63, 3.8) is 0 Å². The molecule has 2 heterocycles. The van der Waals surface area contributed by atoms with Crippen molar-refractivity contribution in [2.75, 3.05) is 0 Å². The molecule has 1 saturated carbocycles. The zero-order valence-corrected chi connectivity index (χ0v) is 29.6. The smallest absolute Gasteiger partial charge is 0.274 e. The summed E-state index contributed by atoms with van der Waals surface area (Å²) in [6.45, 7) is 0.277. The first kappa shape index (κ1) is 33.6. The van der Waals surface area contributed by atoms with Crippen molar-refractivity contribution >= 4 is 5.69 Å². The molecule has 0 radical (unpaired) electrons. The molecule has 268 valence electrons. The first-order valence-corrected chi connectivity index (χ1v) is 18.1. The Balaban J connectivity index is 1.12. The summed E-state index contributed by atoms with van der Waals surface area (Å²) < 4.78 is 4.74. The summed E-state index contributed by atoms with van der Waals surface area (Å²) in [4.78, 5) is 25.1. The van der Waals surface area contributed by atoms with Crippen LogP contribution in [0.2, 0.25) is 0 Å². The van der Waals surface area contributed by atoms with E-state index in [2.05, 4.69) is 57.9 Å². The Bertz CT molecular complexity index is 2590. The lowest BCUT2D eigenvalue weighted by molar-refractivity contribution is -0.384. The lowest BCUT2D eigenvalue weighted by atomic mass is 9.77. The first-order chi connectivity index (χ1) is 27.0. The molecule has 0 N–H and O–H groups in total. The van der Waals surface area contributed by atoms with Gasteiger partial charge in [-0.2, -0.15) is 4.68 Å². The third-order valence-electron chi connectivity index (χ3n) is 10.3. The molecule has 6 aromatic carbocycles. The van der Waals surface area contributed by atoms with Crippen LogP contribution in [0.3, 0.4) is 0 Å². The zero-order valence-electron chi connectivity index (χ0n) is 29.6. The molecular weight excluding hydrogens is 689 g/mol. The molecule has 2 aromatic heterocycles. The highest BCUT2D eigenvalue weighted by molar-refractivity contribution is 5.81. The van der Waals surface area contributed by atoms with Gasteiger partial charge in [-0.1, -0.05) is 152 Å². The fourth-order valence-electron chi connectivity index (χ4n) is 7.55. The van der Waals surface area contributed by atoms with Crippen molar-refractivity contribution in [1.29, 1.82) is 0 Å². The maximum atomic E-state index is 13.8. The van der Waals surface area contributed by atoms with E-state index in [-0.39, 0.29) is 23.8 Å². The highest BCUT2D eigenvalue weighted by Crippen LogP contribution is 2.43. The minimum atomic E-state index is -0.906. The average molecular weight is 723 g/mol. The van der Waals surface area contributed by atoms with Crippen LogP contribution in [0.4, 0.5) is 5.69 Å². The van der Waals surface area contributed by atoms with E-state index in [1.165, 1.54) is 10.7 Å². The number of benzene rings is 6. The van der Waals surface area contributed by atoms with E-state index in [4.69, 9.17) is 5.21 Å². The highest BCUT2D eigenvalue weighted by Gasteiger charge is 2.42. The molecule has 55 heavy (non-hydrogen) atoms. The van der Waals surface area contributed by atoms with Crippen molar-refractivity contribution in [1.82, 2.24) is 34.6 Å². The van der Waals surface area contributed by atoms with Crippen LogP contribution in [0.5, 0.6) is 0 Å². The molecule has 1 aliphatic rings. The molecule has 0 unspecified atom stereocenters. The van der Waals surface area contributed by atoms with Gasteiger partial charge in [0.15, 0.2) is 5.82 Å². The fraction of sp³-hybridized carbons (Fsp3) is 0.114. The SMILES string of the molecule is O=c1n(-c2ccccc2[N+](=O)[O-])nc(C2CC2)n1Cc1ccc(-c2ccccc2-c2nnnn2C(c2ccccc2)(c2ccccc2)c2ccccc2)cc1. The van der Waals surface area contributed by atoms with E-state index in [0.29, 0.717) is 11.6 Å². The zero-order chi connectivity index (χ0) is 37.4. The molecule has 9 rings (SSSR count). The van der Waals surface area contributed by atoms with Gasteiger partial charge in [-0.3, -0.25) is 14.7 Å². The van der Waals surface area contributed by atoms with E-state index >= 15 is 0 Å². The molecule has 11 nitrogen and oxygen atoms in total. The largest absolute Gasteiger partial charge is 0.351 e. The summed E-state index contributed by atoms with van der Waals surface area (Å²) in [5.74, 6) is 1.38. The number of para-hydroxylation sites is 2. The Morgan fingerprint density at radius 1 is 0.673 bits per heavy atom. The van der Waals surface area contributed by atoms with Crippen LogP contribution in [0.15, 0.2) is 169 Å². The molecular formula is C44H34N8O3. The minimum Gasteiger partial charge on any atom is -0.274 e. The summed E-state index contributed by atoms with van der Waals surface area (Å²) >= 11 is 0. The highest BCUT2D eigenvalue weighted by atomic mass is 16.6. The topological polar surface area (TPSA) is 127 Å². The van der Waals surface area contributed by atoms with E-state index in [9.17, 15) is 14.9 Å². The summed E-state index contributed by atoms with van der Waals surface area (Å²) in [5.41, 5.74) is 5.34. The second-order valence-electron chi connectivity index (χ2n) is 13.6. The second-order valence-corrected chi connectivity index (χ2v) is 13.6. The summed E-state index contributed by atoms with van der Waals surface area (Å²) in [7, 11) is 0. The lowest BCUT2D eigenvalue weighted by Crippen LogP contribution is -2.39. The Hall–Kier alpha value is -7.27. The van der Waals surface area contributed by atoms with Crippen LogP contribution in [0.1, 0.15) is 46.8 Å². The van der Waals surface area contributed by atoms with Gasteiger partial charge in [0.2, 0.25) is 0 Å². The molecule has 0 saturated heterocycles. The maximum absolute atomic E-state index is 13.8. The quantitative estimate of drug-likeness (QED) is 0.0752. The Morgan fingerprint density at radius 2 is 1.22 bits per heavy atom. The van der Waals surface area contributed by atoms with Gasteiger partial charge in [-0.25, -0.2) is 9.48 Å². The van der Waals surface area contributed by atoms with Gasteiger partial charge in [-0.15, -0.1) is 10.2 Å². The fourth-order valence-corrected chi connectivity index (χ4v) is 7.55. The van der Waals surface area contributed by atoms with Gasteiger partial charge in [0, 0.05) is 17.5 Å². The standard InChI is InChI=1S/C44H34N8O3/c53-43-49(41(33-28-29-33)46-50(43)39-22-12-13-23-40(39)52(54)55)30-31-24-26-32(27-25-31)37-20-10-11-21-38(37)42-45-47-48-51(42)44(34-14-4-1-5-15-34,35-16-6-2-7-17-35)36-18-8-3-9-19-36/h1-27,33H,28-30H2. The third kappa shape index (κ3) is 5.91. The van der Waals surface area contributed by atoms with Gasteiger partial charge in [0.05, 0.1) is 11.5 Å². The van der Waals surface area contributed by atoms with Crippen molar-refractivity contribution in [3.05, 3.63) is 212 Å². The molecule has 0 spiro atoms. The van der Waals surface area contributed by atoms with Crippen LogP contribution in [-0.2, 0) is 12.1 Å². The Labute approximate surface area is 315 Å². The molecule has 8 aromatic rings. The van der Waals surface area contributed by atoms with Gasteiger partial charge >= 0.3 is 5.69 Å². The second kappa shape index (κ2) is 13.9. The number of hydrogen-bond donors (Lipinski definition) is 0. The number of hydrogen-bond acceptors (Lipinski definition) is 7. The van der Waals surface area contributed by atoms with Crippen LogP contribution in [0.25, 0.3) is 28.2 Å². The molecule has 0 amide bonds. The van der Waals surface area contributed by atoms with E-state index in [1.54, 1.807) is 22.8 Å². The number of tetrazole rings is 1. The van der Waals surface area contributed by atoms with E-state index < -0.39 is 16.2 Å². The summed E-state index contributed by atoms with van der Waals surface area (Å²) in [5, 5.41) is 30.1. The predicted octanol–water partition coefficient (Wildman–Crippen LogP) is 8.03. The van der Waals surface area contributed by atoms with Crippen molar-refractivity contribution in [3.8, 4) is 28.2 Å². The number of nitro benzene ring substituents is 1. The normalized spacial score (nSPS) is 12.8. The predicted molar refractivity (Wildman–Crippen MR) is 209 cm³/mol. The van der Waals surface area contributed by atoms with E-state index in [0.717, 1.165) is 51.8 Å². The number of nitrogens with zero attached hydrogens (tertiary/aromatic N) is 8.